The zero-order chi connectivity index (χ0) is 20.2. The molecule has 2 fully saturated rings. The van der Waals surface area contributed by atoms with Crippen LogP contribution in [0.3, 0.4) is 0 Å². The molecule has 0 spiro atoms. The number of halogens is 2. The first-order chi connectivity index (χ1) is 13.9. The van der Waals surface area contributed by atoms with Crippen molar-refractivity contribution >= 4 is 16.9 Å². The number of aryl methyl sites for hydroxylation is 1. The first-order valence-corrected chi connectivity index (χ1v) is 10.1. The lowest BCUT2D eigenvalue weighted by Gasteiger charge is -2.47. The van der Waals surface area contributed by atoms with Crippen molar-refractivity contribution in [3.05, 3.63) is 36.3 Å². The highest BCUT2D eigenvalue weighted by atomic mass is 19.3. The number of fused-ring (bicyclic) bond motifs is 1. The van der Waals surface area contributed by atoms with Crippen LogP contribution < -0.4 is 0 Å². The van der Waals surface area contributed by atoms with Gasteiger partial charge in [0, 0.05) is 49.6 Å². The molecule has 5 rings (SSSR count). The maximum Gasteiger partial charge on any atom is 0.270 e. The van der Waals surface area contributed by atoms with Gasteiger partial charge in [-0.1, -0.05) is 0 Å². The van der Waals surface area contributed by atoms with Gasteiger partial charge in [-0.25, -0.2) is 13.8 Å². The van der Waals surface area contributed by atoms with Gasteiger partial charge in [0.1, 0.15) is 11.3 Å². The smallest absolute Gasteiger partial charge is 0.270 e. The Kier molecular flexibility index (Phi) is 4.18. The van der Waals surface area contributed by atoms with E-state index in [0.29, 0.717) is 25.1 Å². The molecule has 0 bridgehead atoms. The molecule has 1 aliphatic carbocycles. The van der Waals surface area contributed by atoms with Gasteiger partial charge in [-0.15, -0.1) is 0 Å². The van der Waals surface area contributed by atoms with Gasteiger partial charge in [0.15, 0.2) is 0 Å². The van der Waals surface area contributed by atoms with Crippen molar-refractivity contribution in [3.8, 4) is 11.3 Å². The highest BCUT2D eigenvalue weighted by molar-refractivity contribution is 5.98. The van der Waals surface area contributed by atoms with E-state index in [1.807, 2.05) is 34.7 Å². The molecule has 2 aliphatic rings. The molecular formula is C21H23F2N5O. The number of H-pyrrole nitrogens is 1. The van der Waals surface area contributed by atoms with Crippen LogP contribution >= 0.6 is 0 Å². The minimum atomic E-state index is -2.54. The summed E-state index contributed by atoms with van der Waals surface area (Å²) >= 11 is 0. The molecule has 4 heterocycles. The minimum Gasteiger partial charge on any atom is -0.334 e. The summed E-state index contributed by atoms with van der Waals surface area (Å²) in [4.78, 5) is 19.8. The van der Waals surface area contributed by atoms with Crippen molar-refractivity contribution in [2.45, 2.75) is 44.1 Å². The van der Waals surface area contributed by atoms with Gasteiger partial charge in [0.25, 0.3) is 5.91 Å². The number of hydrogen-bond donors (Lipinski definition) is 1. The third-order valence-corrected chi connectivity index (χ3v) is 6.52. The second kappa shape index (κ2) is 6.64. The van der Waals surface area contributed by atoms with Crippen molar-refractivity contribution < 1.29 is 13.6 Å². The lowest BCUT2D eigenvalue weighted by Crippen LogP contribution is -2.55. The van der Waals surface area contributed by atoms with Gasteiger partial charge in [0.2, 0.25) is 5.92 Å². The average molecular weight is 399 g/mol. The predicted octanol–water partition coefficient (Wildman–Crippen LogP) is 4.00. The Balaban J connectivity index is 1.39. The van der Waals surface area contributed by atoms with Gasteiger partial charge < -0.3 is 9.47 Å². The van der Waals surface area contributed by atoms with Crippen molar-refractivity contribution in [2.75, 3.05) is 6.54 Å². The summed E-state index contributed by atoms with van der Waals surface area (Å²) in [6.45, 7) is 0.686. The number of carbonyl (C=O) groups is 1. The number of aromatic amines is 1. The maximum atomic E-state index is 13.5. The summed E-state index contributed by atoms with van der Waals surface area (Å²) in [5, 5.41) is 7.64. The number of nitrogens with one attached hydrogen (secondary N) is 1. The third kappa shape index (κ3) is 3.10. The van der Waals surface area contributed by atoms with Gasteiger partial charge in [0.05, 0.1) is 11.9 Å². The van der Waals surface area contributed by atoms with Gasteiger partial charge in [-0.2, -0.15) is 5.10 Å². The van der Waals surface area contributed by atoms with Crippen LogP contribution in [0.15, 0.2) is 30.6 Å². The summed E-state index contributed by atoms with van der Waals surface area (Å²) in [7, 11) is 1.84. The molecule has 3 aromatic heterocycles. The fourth-order valence-corrected chi connectivity index (χ4v) is 4.70. The normalized spacial score (nSPS) is 22.0. The summed E-state index contributed by atoms with van der Waals surface area (Å²) in [6, 6.07) is 5.81. The van der Waals surface area contributed by atoms with Crippen molar-refractivity contribution in [1.29, 1.82) is 0 Å². The molecule has 1 N–H and O–H groups in total. The van der Waals surface area contributed by atoms with E-state index in [0.717, 1.165) is 28.7 Å². The minimum absolute atomic E-state index is 0.0380. The van der Waals surface area contributed by atoms with Crippen molar-refractivity contribution in [2.24, 2.45) is 13.0 Å². The predicted molar refractivity (Wildman–Crippen MR) is 105 cm³/mol. The SMILES string of the molecule is Cn1c(C(=O)N2CC[C@@H]2C2CCC(F)(F)CC2)cc2ccc(-c3cn[nH]c3)nc21. The Labute approximate surface area is 166 Å². The Morgan fingerprint density at radius 2 is 2.03 bits per heavy atom. The lowest BCUT2D eigenvalue weighted by molar-refractivity contribution is -0.0635. The molecule has 8 heteroatoms. The molecular weight excluding hydrogens is 376 g/mol. The molecule has 6 nitrogen and oxygen atoms in total. The fraction of sp³-hybridized carbons (Fsp3) is 0.476. The number of hydrogen-bond acceptors (Lipinski definition) is 3. The molecule has 29 heavy (non-hydrogen) atoms. The van der Waals surface area contributed by atoms with E-state index in [4.69, 9.17) is 4.98 Å². The molecule has 1 atom stereocenters. The monoisotopic (exact) mass is 399 g/mol. The number of alkyl halides is 2. The van der Waals surface area contributed by atoms with E-state index in [1.54, 1.807) is 12.4 Å². The molecule has 1 aliphatic heterocycles. The number of likely N-dealkylation sites (tertiary alicyclic amines) is 1. The molecule has 1 amide bonds. The Bertz CT molecular complexity index is 1050. The van der Waals surface area contributed by atoms with E-state index >= 15 is 0 Å². The van der Waals surface area contributed by atoms with Crippen LogP contribution in [0, 0.1) is 5.92 Å². The van der Waals surface area contributed by atoms with E-state index in [2.05, 4.69) is 10.2 Å². The number of aromatic nitrogens is 4. The number of amides is 1. The molecule has 152 valence electrons. The number of rotatable bonds is 3. The topological polar surface area (TPSA) is 66.8 Å². The van der Waals surface area contributed by atoms with Gasteiger partial charge in [-0.05, 0) is 43.4 Å². The third-order valence-electron chi connectivity index (χ3n) is 6.52. The second-order valence-corrected chi connectivity index (χ2v) is 8.23. The quantitative estimate of drug-likeness (QED) is 0.724. The van der Waals surface area contributed by atoms with E-state index in [9.17, 15) is 13.6 Å². The first-order valence-electron chi connectivity index (χ1n) is 10.1. The van der Waals surface area contributed by atoms with E-state index < -0.39 is 5.92 Å². The zero-order valence-corrected chi connectivity index (χ0v) is 16.2. The number of pyridine rings is 1. The Morgan fingerprint density at radius 3 is 2.69 bits per heavy atom. The van der Waals surface area contributed by atoms with Crippen LogP contribution in [-0.2, 0) is 7.05 Å². The molecule has 3 aromatic rings. The van der Waals surface area contributed by atoms with Crippen LogP contribution in [0.25, 0.3) is 22.3 Å². The van der Waals surface area contributed by atoms with Crippen LogP contribution in [0.2, 0.25) is 0 Å². The van der Waals surface area contributed by atoms with Gasteiger partial charge in [-0.3, -0.25) is 9.89 Å². The number of carbonyl (C=O) groups excluding carboxylic acids is 1. The van der Waals surface area contributed by atoms with Crippen LogP contribution in [0.1, 0.15) is 42.6 Å². The Hall–Kier alpha value is -2.77. The summed E-state index contributed by atoms with van der Waals surface area (Å²) in [5.41, 5.74) is 3.00. The largest absolute Gasteiger partial charge is 0.334 e. The highest BCUT2D eigenvalue weighted by Gasteiger charge is 2.44. The lowest BCUT2D eigenvalue weighted by atomic mass is 9.77. The summed E-state index contributed by atoms with van der Waals surface area (Å²) in [5.74, 6) is -2.40. The van der Waals surface area contributed by atoms with Gasteiger partial charge >= 0.3 is 0 Å². The molecule has 0 aromatic carbocycles. The summed E-state index contributed by atoms with van der Waals surface area (Å²) in [6.07, 6.45) is 5.24. The standard InChI is InChI=1S/C21H23F2N5O/c1-27-18(10-14-2-3-16(26-19(14)27)15-11-24-25-12-15)20(29)28-9-6-17(28)13-4-7-21(22,23)8-5-13/h2-3,10-13,17H,4-9H2,1H3,(H,24,25)/t17-/m1/s1. The number of nitrogens with zero attached hydrogens (tertiary/aromatic N) is 4. The van der Waals surface area contributed by atoms with Crippen molar-refractivity contribution in [3.63, 3.8) is 0 Å². The van der Waals surface area contributed by atoms with Crippen LogP contribution in [0.4, 0.5) is 8.78 Å². The molecule has 1 saturated carbocycles. The van der Waals surface area contributed by atoms with E-state index in [1.165, 1.54) is 0 Å². The fourth-order valence-electron chi connectivity index (χ4n) is 4.70. The van der Waals surface area contributed by atoms with Crippen molar-refractivity contribution in [1.82, 2.24) is 24.6 Å². The summed E-state index contributed by atoms with van der Waals surface area (Å²) < 4.78 is 28.8. The van der Waals surface area contributed by atoms with Crippen LogP contribution in [-0.4, -0.2) is 49.1 Å². The van der Waals surface area contributed by atoms with Crippen LogP contribution in [0.5, 0.6) is 0 Å². The maximum absolute atomic E-state index is 13.5. The molecule has 0 radical (unpaired) electrons. The molecule has 0 unspecified atom stereocenters. The first kappa shape index (κ1) is 18.3. The highest BCUT2D eigenvalue weighted by Crippen LogP contribution is 2.41. The average Bonchev–Trinajstić information content (AvgIpc) is 3.31. The second-order valence-electron chi connectivity index (χ2n) is 8.23. The Morgan fingerprint density at radius 1 is 1.24 bits per heavy atom. The van der Waals surface area contributed by atoms with E-state index in [-0.39, 0.29) is 30.7 Å². The molecule has 1 saturated heterocycles. The zero-order valence-electron chi connectivity index (χ0n) is 16.2.